The van der Waals surface area contributed by atoms with Gasteiger partial charge in [-0.15, -0.1) is 10.2 Å². The van der Waals surface area contributed by atoms with Gasteiger partial charge in [-0.1, -0.05) is 32.4 Å². The van der Waals surface area contributed by atoms with Crippen LogP contribution in [0.15, 0.2) is 12.2 Å². The summed E-state index contributed by atoms with van der Waals surface area (Å²) in [7, 11) is 1.73. The van der Waals surface area contributed by atoms with Crippen molar-refractivity contribution in [1.29, 1.82) is 0 Å². The number of aromatic nitrogens is 3. The molecule has 0 N–H and O–H groups in total. The molecule has 0 radical (unpaired) electrons. The van der Waals surface area contributed by atoms with E-state index in [1.165, 1.54) is 11.3 Å². The van der Waals surface area contributed by atoms with E-state index in [0.717, 1.165) is 37.5 Å². The van der Waals surface area contributed by atoms with Crippen LogP contribution in [0.25, 0.3) is 0 Å². The minimum Gasteiger partial charge on any atom is -0.336 e. The van der Waals surface area contributed by atoms with Gasteiger partial charge in [-0.3, -0.25) is 19.3 Å². The number of hydrogen-bond donors (Lipinski definition) is 0. The van der Waals surface area contributed by atoms with Crippen molar-refractivity contribution in [3.8, 4) is 0 Å². The van der Waals surface area contributed by atoms with Gasteiger partial charge in [-0.2, -0.15) is 0 Å². The summed E-state index contributed by atoms with van der Waals surface area (Å²) in [6.45, 7) is 5.22. The molecule has 3 heterocycles. The predicted molar refractivity (Wildman–Crippen MR) is 115 cm³/mol. The number of carbonyl (C=O) groups excluding carboxylic acids is 3. The highest BCUT2D eigenvalue weighted by Crippen LogP contribution is 2.37. The molecule has 0 aromatic carbocycles. The van der Waals surface area contributed by atoms with E-state index in [4.69, 9.17) is 0 Å². The number of likely N-dealkylation sites (N-methyl/N-ethyl adjacent to an activating group) is 1. The Morgan fingerprint density at radius 3 is 2.42 bits per heavy atom. The van der Waals surface area contributed by atoms with E-state index >= 15 is 0 Å². The second-order valence-corrected chi connectivity index (χ2v) is 9.54. The van der Waals surface area contributed by atoms with Gasteiger partial charge in [-0.25, -0.2) is 0 Å². The van der Waals surface area contributed by atoms with Gasteiger partial charge in [-0.05, 0) is 38.0 Å². The number of nitrogens with zero attached hydrogens (tertiary/aromatic N) is 5. The molecule has 1 aromatic rings. The van der Waals surface area contributed by atoms with E-state index in [1.54, 1.807) is 11.9 Å². The molecule has 0 saturated carbocycles. The fourth-order valence-corrected chi connectivity index (χ4v) is 5.10. The number of carbonyl (C=O) groups is 3. The van der Waals surface area contributed by atoms with Crippen LogP contribution in [0.4, 0.5) is 0 Å². The van der Waals surface area contributed by atoms with Gasteiger partial charge in [0, 0.05) is 20.0 Å². The normalized spacial score (nSPS) is 24.2. The summed E-state index contributed by atoms with van der Waals surface area (Å²) in [5.41, 5.74) is 0. The van der Waals surface area contributed by atoms with E-state index in [-0.39, 0.29) is 35.5 Å². The molecule has 31 heavy (non-hydrogen) atoms. The lowest BCUT2D eigenvalue weighted by atomic mass is 9.85. The molecule has 3 aliphatic rings. The number of fused-ring (bicyclic) bond motifs is 2. The molecule has 168 valence electrons. The van der Waals surface area contributed by atoms with Crippen molar-refractivity contribution in [2.24, 2.45) is 17.8 Å². The molecule has 8 nitrogen and oxygen atoms in total. The van der Waals surface area contributed by atoms with Crippen LogP contribution in [0.2, 0.25) is 0 Å². The molecule has 3 atom stereocenters. The van der Waals surface area contributed by atoms with E-state index in [2.05, 4.69) is 14.8 Å². The Hall–Kier alpha value is -2.51. The molecule has 1 aliphatic carbocycles. The Morgan fingerprint density at radius 2 is 1.77 bits per heavy atom. The van der Waals surface area contributed by atoms with Crippen LogP contribution in [-0.4, -0.2) is 55.4 Å². The van der Waals surface area contributed by atoms with Crippen LogP contribution in [0.3, 0.4) is 0 Å². The maximum absolute atomic E-state index is 13.5. The fourth-order valence-electron chi connectivity index (χ4n) is 5.10. The second-order valence-electron chi connectivity index (χ2n) is 9.54. The second kappa shape index (κ2) is 8.93. The first-order valence-electron chi connectivity index (χ1n) is 11.6. The number of likely N-dealkylation sites (tertiary alicyclic amines) is 1. The number of rotatable bonds is 6. The van der Waals surface area contributed by atoms with Crippen LogP contribution >= 0.6 is 0 Å². The summed E-state index contributed by atoms with van der Waals surface area (Å²) < 4.78 is 2.13. The van der Waals surface area contributed by atoms with Crippen molar-refractivity contribution in [3.63, 3.8) is 0 Å². The van der Waals surface area contributed by atoms with Crippen LogP contribution < -0.4 is 0 Å². The Kier molecular flexibility index (Phi) is 6.25. The zero-order valence-electron chi connectivity index (χ0n) is 18.8. The van der Waals surface area contributed by atoms with E-state index in [9.17, 15) is 14.4 Å². The topological polar surface area (TPSA) is 88.4 Å². The molecule has 8 heteroatoms. The zero-order chi connectivity index (χ0) is 22.1. The number of imide groups is 1. The monoisotopic (exact) mass is 427 g/mol. The third kappa shape index (κ3) is 4.16. The fraction of sp³-hybridized carbons (Fsp3) is 0.696. The maximum atomic E-state index is 13.5. The number of aryl methyl sites for hydroxylation is 1. The summed E-state index contributed by atoms with van der Waals surface area (Å²) in [5.74, 6) is 0.698. The molecule has 0 spiro atoms. The Labute approximate surface area is 183 Å². The molecule has 0 bridgehead atoms. The third-order valence-corrected chi connectivity index (χ3v) is 6.77. The van der Waals surface area contributed by atoms with Crippen molar-refractivity contribution in [1.82, 2.24) is 24.6 Å². The lowest BCUT2D eigenvalue weighted by molar-refractivity contribution is -0.152. The molecular weight excluding hydrogens is 394 g/mol. The van der Waals surface area contributed by atoms with E-state index in [0.29, 0.717) is 25.8 Å². The van der Waals surface area contributed by atoms with Crippen LogP contribution in [0.5, 0.6) is 0 Å². The summed E-state index contributed by atoms with van der Waals surface area (Å²) in [6.07, 6.45) is 9.84. The Bertz CT molecular complexity index is 864. The first-order chi connectivity index (χ1) is 14.9. The SMILES string of the molecule is CC(C)C[C@H](C(=O)N(C)Cc1nnc2n1CCCCC2)N1C(=O)[C@@H]2CC=CC[C@H]2C1=O. The summed E-state index contributed by atoms with van der Waals surface area (Å²) in [6, 6.07) is -0.762. The molecule has 4 rings (SSSR count). The largest absolute Gasteiger partial charge is 0.336 e. The van der Waals surface area contributed by atoms with Crippen LogP contribution in [-0.2, 0) is 33.9 Å². The van der Waals surface area contributed by atoms with Gasteiger partial charge in [0.15, 0.2) is 5.82 Å². The summed E-state index contributed by atoms with van der Waals surface area (Å²) in [5, 5.41) is 8.65. The summed E-state index contributed by atoms with van der Waals surface area (Å²) >= 11 is 0. The van der Waals surface area contributed by atoms with E-state index in [1.807, 2.05) is 26.0 Å². The average Bonchev–Trinajstić information content (AvgIpc) is 3.12. The van der Waals surface area contributed by atoms with Gasteiger partial charge < -0.3 is 9.47 Å². The van der Waals surface area contributed by atoms with Crippen molar-refractivity contribution in [3.05, 3.63) is 23.8 Å². The van der Waals surface area contributed by atoms with Gasteiger partial charge in [0.1, 0.15) is 11.9 Å². The highest BCUT2D eigenvalue weighted by molar-refractivity contribution is 6.08. The molecule has 3 amide bonds. The first-order valence-corrected chi connectivity index (χ1v) is 11.6. The molecular formula is C23H33N5O3. The highest BCUT2D eigenvalue weighted by atomic mass is 16.2. The van der Waals surface area contributed by atoms with Crippen LogP contribution in [0.1, 0.15) is 64.0 Å². The average molecular weight is 428 g/mol. The smallest absolute Gasteiger partial charge is 0.246 e. The van der Waals surface area contributed by atoms with E-state index < -0.39 is 6.04 Å². The van der Waals surface area contributed by atoms with Crippen molar-refractivity contribution >= 4 is 17.7 Å². The molecule has 1 aromatic heterocycles. The lowest BCUT2D eigenvalue weighted by Crippen LogP contribution is -2.51. The minimum atomic E-state index is -0.762. The molecule has 1 fully saturated rings. The Balaban J connectivity index is 1.54. The summed E-state index contributed by atoms with van der Waals surface area (Å²) in [4.78, 5) is 42.7. The standard InChI is InChI=1S/C23H33N5O3/c1-15(2)13-18(28-21(29)16-9-6-7-10-17(16)22(28)30)23(31)26(3)14-20-25-24-19-11-5-4-8-12-27(19)20/h6-7,15-18H,4-5,8-14H2,1-3H3/t16-,17-,18-/m1/s1. The first kappa shape index (κ1) is 21.7. The van der Waals surface area contributed by atoms with Gasteiger partial charge >= 0.3 is 0 Å². The van der Waals surface area contributed by atoms with Crippen molar-refractivity contribution < 1.29 is 14.4 Å². The van der Waals surface area contributed by atoms with Gasteiger partial charge in [0.25, 0.3) is 0 Å². The highest BCUT2D eigenvalue weighted by Gasteiger charge is 2.51. The van der Waals surface area contributed by atoms with Crippen molar-refractivity contribution in [2.75, 3.05) is 7.05 Å². The third-order valence-electron chi connectivity index (χ3n) is 6.77. The maximum Gasteiger partial charge on any atom is 0.246 e. The lowest BCUT2D eigenvalue weighted by Gasteiger charge is -2.30. The molecule has 0 unspecified atom stereocenters. The Morgan fingerprint density at radius 1 is 1.10 bits per heavy atom. The number of allylic oxidation sites excluding steroid dienone is 2. The quantitative estimate of drug-likeness (QED) is 0.514. The minimum absolute atomic E-state index is 0.174. The predicted octanol–water partition coefficient (Wildman–Crippen LogP) is 2.33. The zero-order valence-corrected chi connectivity index (χ0v) is 18.8. The number of hydrogen-bond acceptors (Lipinski definition) is 5. The van der Waals surface area contributed by atoms with Crippen molar-refractivity contribution in [2.45, 2.75) is 77.9 Å². The van der Waals surface area contributed by atoms with Crippen LogP contribution in [0, 0.1) is 17.8 Å². The molecule has 2 aliphatic heterocycles. The molecule has 1 saturated heterocycles. The number of amides is 3. The van der Waals surface area contributed by atoms with Gasteiger partial charge in [0.2, 0.25) is 17.7 Å². The van der Waals surface area contributed by atoms with Gasteiger partial charge in [0.05, 0.1) is 18.4 Å².